The Kier molecular flexibility index (Phi) is 10.8. The van der Waals surface area contributed by atoms with Gasteiger partial charge in [-0.05, 0) is 78.4 Å². The van der Waals surface area contributed by atoms with E-state index in [0.29, 0.717) is 5.95 Å². The fourth-order valence-electron chi connectivity index (χ4n) is 11.9. The van der Waals surface area contributed by atoms with Gasteiger partial charge in [-0.3, -0.25) is 9.13 Å². The molecule has 0 amide bonds. The zero-order chi connectivity index (χ0) is 49.7. The molecular formula is C70H48N4Si. The second kappa shape index (κ2) is 18.4. The number of rotatable bonds is 10. The van der Waals surface area contributed by atoms with Crippen molar-refractivity contribution >= 4 is 72.4 Å². The van der Waals surface area contributed by atoms with E-state index < -0.39 is 8.07 Å². The molecule has 75 heavy (non-hydrogen) atoms. The highest BCUT2D eigenvalue weighted by Crippen LogP contribution is 2.41. The molecule has 5 heteroatoms. The molecule has 0 unspecified atom stereocenters. The van der Waals surface area contributed by atoms with E-state index in [-0.39, 0.29) is 0 Å². The Morgan fingerprint density at radius 3 is 1.20 bits per heavy atom. The number of para-hydroxylation sites is 2. The van der Waals surface area contributed by atoms with Crippen molar-refractivity contribution in [1.82, 2.24) is 19.1 Å². The van der Waals surface area contributed by atoms with Crippen LogP contribution in [0.15, 0.2) is 291 Å². The minimum Gasteiger partial charge on any atom is -0.294 e. The van der Waals surface area contributed by atoms with Crippen LogP contribution in [0.3, 0.4) is 0 Å². The third-order valence-corrected chi connectivity index (χ3v) is 19.9. The average molecular weight is 973 g/mol. The van der Waals surface area contributed by atoms with Crippen molar-refractivity contribution < 1.29 is 0 Å². The lowest BCUT2D eigenvalue weighted by Crippen LogP contribution is -2.74. The summed E-state index contributed by atoms with van der Waals surface area (Å²) in [4.78, 5) is 11.5. The third kappa shape index (κ3) is 7.35. The first-order chi connectivity index (χ1) is 37.2. The zero-order valence-corrected chi connectivity index (χ0v) is 42.0. The summed E-state index contributed by atoms with van der Waals surface area (Å²) in [7, 11) is -3.04. The van der Waals surface area contributed by atoms with Gasteiger partial charge in [-0.15, -0.1) is 0 Å². The Balaban J connectivity index is 1.07. The largest absolute Gasteiger partial charge is 0.294 e. The predicted molar refractivity (Wildman–Crippen MR) is 316 cm³/mol. The van der Waals surface area contributed by atoms with Crippen LogP contribution in [0.4, 0.5) is 0 Å². The smallest absolute Gasteiger partial charge is 0.237 e. The van der Waals surface area contributed by atoms with Gasteiger partial charge in [0.15, 0.2) is 8.07 Å². The monoisotopic (exact) mass is 972 g/mol. The van der Waals surface area contributed by atoms with E-state index in [4.69, 9.17) is 9.97 Å². The van der Waals surface area contributed by atoms with Crippen LogP contribution >= 0.6 is 0 Å². The van der Waals surface area contributed by atoms with Crippen LogP contribution in [-0.4, -0.2) is 27.2 Å². The van der Waals surface area contributed by atoms with Gasteiger partial charge in [0.25, 0.3) is 0 Å². The molecule has 3 heterocycles. The molecule has 14 rings (SSSR count). The minimum atomic E-state index is -3.04. The first-order valence-corrected chi connectivity index (χ1v) is 27.7. The second-order valence-electron chi connectivity index (χ2n) is 19.3. The summed E-state index contributed by atoms with van der Waals surface area (Å²) in [6.07, 6.45) is 0. The van der Waals surface area contributed by atoms with E-state index >= 15 is 0 Å². The molecule has 352 valence electrons. The van der Waals surface area contributed by atoms with E-state index in [2.05, 4.69) is 300 Å². The van der Waals surface area contributed by atoms with Crippen LogP contribution in [0.25, 0.3) is 100 Å². The first kappa shape index (κ1) is 44.1. The van der Waals surface area contributed by atoms with Gasteiger partial charge in [0, 0.05) is 33.2 Å². The molecule has 0 aliphatic rings. The summed E-state index contributed by atoms with van der Waals surface area (Å²) in [5.41, 5.74) is 13.2. The molecule has 0 fully saturated rings. The highest BCUT2D eigenvalue weighted by molar-refractivity contribution is 7.20. The summed E-state index contributed by atoms with van der Waals surface area (Å²) >= 11 is 0. The molecule has 11 aromatic carbocycles. The summed E-state index contributed by atoms with van der Waals surface area (Å²) in [6, 6.07) is 106. The lowest BCUT2D eigenvalue weighted by molar-refractivity contribution is 0.952. The van der Waals surface area contributed by atoms with Crippen molar-refractivity contribution in [2.45, 2.75) is 0 Å². The predicted octanol–water partition coefficient (Wildman–Crippen LogP) is 14.7. The maximum absolute atomic E-state index is 5.73. The van der Waals surface area contributed by atoms with Gasteiger partial charge in [0.1, 0.15) is 5.82 Å². The van der Waals surface area contributed by atoms with E-state index in [9.17, 15) is 0 Å². The fraction of sp³-hybridized carbons (Fsp3) is 0. The van der Waals surface area contributed by atoms with Crippen molar-refractivity contribution in [2.24, 2.45) is 0 Å². The number of hydrogen-bond donors (Lipinski definition) is 0. The van der Waals surface area contributed by atoms with Gasteiger partial charge in [0.05, 0.1) is 27.8 Å². The van der Waals surface area contributed by atoms with Crippen LogP contribution in [0, 0.1) is 0 Å². The van der Waals surface area contributed by atoms with Crippen molar-refractivity contribution in [3.63, 3.8) is 0 Å². The second-order valence-corrected chi connectivity index (χ2v) is 23.1. The molecule has 0 atom stereocenters. The van der Waals surface area contributed by atoms with Gasteiger partial charge in [-0.1, -0.05) is 261 Å². The lowest BCUT2D eigenvalue weighted by atomic mass is 9.99. The highest BCUT2D eigenvalue weighted by atomic mass is 28.3. The van der Waals surface area contributed by atoms with Crippen molar-refractivity contribution in [3.05, 3.63) is 291 Å². The summed E-state index contributed by atoms with van der Waals surface area (Å²) in [6.45, 7) is 0. The topological polar surface area (TPSA) is 35.6 Å². The van der Waals surface area contributed by atoms with Gasteiger partial charge >= 0.3 is 0 Å². The third-order valence-electron chi connectivity index (χ3n) is 15.1. The fourth-order valence-corrected chi connectivity index (χ4v) is 16.7. The van der Waals surface area contributed by atoms with Gasteiger partial charge in [0.2, 0.25) is 5.95 Å². The Morgan fingerprint density at radius 2 is 0.653 bits per heavy atom. The van der Waals surface area contributed by atoms with Crippen LogP contribution in [0.2, 0.25) is 0 Å². The quantitative estimate of drug-likeness (QED) is 0.101. The highest BCUT2D eigenvalue weighted by Gasteiger charge is 2.42. The maximum Gasteiger partial charge on any atom is 0.237 e. The average Bonchev–Trinajstić information content (AvgIpc) is 4.04. The number of fused-ring (bicyclic) bond motifs is 6. The summed E-state index contributed by atoms with van der Waals surface area (Å²) in [5, 5.41) is 9.85. The van der Waals surface area contributed by atoms with E-state index in [1.54, 1.807) is 0 Å². The normalized spacial score (nSPS) is 11.7. The van der Waals surface area contributed by atoms with E-state index in [0.717, 1.165) is 50.1 Å². The van der Waals surface area contributed by atoms with Gasteiger partial charge in [-0.25, -0.2) is 4.98 Å². The molecule has 0 bridgehead atoms. The SMILES string of the molecule is c1ccc(-c2cccc([Si](c3ccccc3)(c3ccccc3)c3cccc(-c4cc(-n5c6ccccc6c6c(-c7ccccc7)cccc65)nc(-n5c6ccccc6c6c(-c7ccccc7)cccc65)n4)c3)c2)cc1. The van der Waals surface area contributed by atoms with Crippen molar-refractivity contribution in [1.29, 1.82) is 0 Å². The van der Waals surface area contributed by atoms with E-state index in [1.807, 2.05) is 0 Å². The molecule has 0 saturated carbocycles. The van der Waals surface area contributed by atoms with E-state index in [1.165, 1.54) is 64.7 Å². The Labute approximate surface area is 436 Å². The Morgan fingerprint density at radius 1 is 0.267 bits per heavy atom. The number of aromatic nitrogens is 4. The Bertz CT molecular complexity index is 4180. The lowest BCUT2D eigenvalue weighted by Gasteiger charge is -2.35. The molecule has 0 saturated heterocycles. The molecule has 4 nitrogen and oxygen atoms in total. The van der Waals surface area contributed by atoms with Crippen molar-refractivity contribution in [2.75, 3.05) is 0 Å². The van der Waals surface area contributed by atoms with Crippen LogP contribution in [-0.2, 0) is 0 Å². The standard InChI is InChI=1S/C70H48N4Si/c1-6-24-49(25-7-1)52-30-20-36-56(46-52)75(54-32-12-4-13-33-54,55-34-14-5-15-35-55)57-37-21-31-53(47-57)62-48-67(73-63-42-18-16-38-60(63)68-58(40-22-44-65(68)73)50-26-8-2-9-27-50)72-70(71-62)74-64-43-19-17-39-61(64)69-59(41-23-45-66(69)74)51-28-10-3-11-29-51/h1-48H. The molecule has 0 N–H and O–H groups in total. The summed E-state index contributed by atoms with van der Waals surface area (Å²) in [5.74, 6) is 1.38. The molecule has 0 radical (unpaired) electrons. The zero-order valence-electron chi connectivity index (χ0n) is 41.0. The van der Waals surface area contributed by atoms with Crippen molar-refractivity contribution in [3.8, 4) is 56.4 Å². The number of nitrogens with zero attached hydrogens (tertiary/aromatic N) is 4. The molecule has 14 aromatic rings. The van der Waals surface area contributed by atoms with Crippen LogP contribution in [0.5, 0.6) is 0 Å². The summed E-state index contributed by atoms with van der Waals surface area (Å²) < 4.78 is 4.63. The van der Waals surface area contributed by atoms with Crippen LogP contribution < -0.4 is 20.7 Å². The molecule has 3 aromatic heterocycles. The number of hydrogen-bond acceptors (Lipinski definition) is 2. The Hall–Kier alpha value is -9.68. The number of benzene rings is 11. The first-order valence-electron chi connectivity index (χ1n) is 25.7. The van der Waals surface area contributed by atoms with Gasteiger partial charge in [-0.2, -0.15) is 4.98 Å². The molecule has 0 aliphatic heterocycles. The molecular weight excluding hydrogens is 925 g/mol. The molecule has 0 spiro atoms. The van der Waals surface area contributed by atoms with Gasteiger partial charge < -0.3 is 0 Å². The molecule has 0 aliphatic carbocycles. The van der Waals surface area contributed by atoms with Crippen LogP contribution in [0.1, 0.15) is 0 Å². The maximum atomic E-state index is 5.73. The minimum absolute atomic E-state index is 0.597.